The lowest BCUT2D eigenvalue weighted by atomic mass is 10.00. The summed E-state index contributed by atoms with van der Waals surface area (Å²) in [7, 11) is -3.92. The van der Waals surface area contributed by atoms with Crippen LogP contribution in [0.1, 0.15) is 21.5 Å². The highest BCUT2D eigenvalue weighted by Crippen LogP contribution is 2.39. The zero-order chi connectivity index (χ0) is 29.1. The summed E-state index contributed by atoms with van der Waals surface area (Å²) < 4.78 is 29.1. The fourth-order valence-corrected chi connectivity index (χ4v) is 6.94. The van der Waals surface area contributed by atoms with E-state index in [0.29, 0.717) is 39.5 Å². The van der Waals surface area contributed by atoms with Crippen molar-refractivity contribution in [1.82, 2.24) is 4.90 Å². The van der Waals surface area contributed by atoms with Gasteiger partial charge in [-0.25, -0.2) is 8.42 Å². The van der Waals surface area contributed by atoms with E-state index in [1.54, 1.807) is 48.5 Å². The average molecular weight is 597 g/mol. The van der Waals surface area contributed by atoms with Gasteiger partial charge in [0.2, 0.25) is 0 Å². The summed E-state index contributed by atoms with van der Waals surface area (Å²) in [5, 5.41) is 6.25. The van der Waals surface area contributed by atoms with E-state index in [1.807, 2.05) is 59.1 Å². The van der Waals surface area contributed by atoms with Crippen LogP contribution in [0.15, 0.2) is 108 Å². The smallest absolute Gasteiger partial charge is 0.261 e. The lowest BCUT2D eigenvalue weighted by Gasteiger charge is -2.26. The molecule has 0 radical (unpaired) electrons. The topological polar surface area (TPSA) is 108 Å². The largest absolute Gasteiger partial charge is 0.354 e. The molecule has 0 atom stereocenters. The summed E-state index contributed by atoms with van der Waals surface area (Å²) in [6, 6.07) is 29.8. The molecule has 0 unspecified atom stereocenters. The van der Waals surface area contributed by atoms with E-state index in [0.717, 1.165) is 30.2 Å². The van der Waals surface area contributed by atoms with Crippen LogP contribution in [-0.4, -0.2) is 49.7 Å². The molecular weight excluding hydrogens is 569 g/mol. The Morgan fingerprint density at radius 1 is 0.786 bits per heavy atom. The van der Waals surface area contributed by atoms with Gasteiger partial charge in [0.1, 0.15) is 0 Å². The molecule has 0 bridgehead atoms. The van der Waals surface area contributed by atoms with Gasteiger partial charge in [-0.15, -0.1) is 0 Å². The normalized spacial score (nSPS) is 15.9. The molecule has 0 aliphatic carbocycles. The number of sulfonamides is 1. The monoisotopic (exact) mass is 596 g/mol. The molecule has 212 valence electrons. The Bertz CT molecular complexity index is 1770. The molecule has 2 amide bonds. The highest BCUT2D eigenvalue weighted by Gasteiger charge is 2.30. The van der Waals surface area contributed by atoms with Crippen LogP contribution in [0.4, 0.5) is 17.1 Å². The number of rotatable bonds is 7. The number of hydrogen-bond acceptors (Lipinski definition) is 6. The zero-order valence-electron chi connectivity index (χ0n) is 22.5. The maximum atomic E-state index is 13.4. The Morgan fingerprint density at radius 3 is 2.14 bits per heavy atom. The molecule has 6 rings (SSSR count). The van der Waals surface area contributed by atoms with Crippen molar-refractivity contribution in [3.05, 3.63) is 120 Å². The van der Waals surface area contributed by atoms with Crippen molar-refractivity contribution in [2.45, 2.75) is 4.90 Å². The second kappa shape index (κ2) is 11.8. The average Bonchev–Trinajstić information content (AvgIpc) is 3.35. The number of carbonyl (C=O) groups is 2. The molecule has 0 aromatic heterocycles. The first-order chi connectivity index (χ1) is 20.4. The van der Waals surface area contributed by atoms with Crippen LogP contribution in [-0.2, 0) is 14.8 Å². The second-order valence-corrected chi connectivity index (χ2v) is 12.8. The first-order valence-electron chi connectivity index (χ1n) is 13.5. The molecule has 2 aliphatic rings. The van der Waals surface area contributed by atoms with Crippen LogP contribution in [0.25, 0.3) is 11.3 Å². The minimum atomic E-state index is -3.92. The molecule has 0 saturated carbocycles. The summed E-state index contributed by atoms with van der Waals surface area (Å²) >= 11 is 1.85. The van der Waals surface area contributed by atoms with E-state index in [-0.39, 0.29) is 16.7 Å². The number of benzene rings is 4. The fourth-order valence-electron chi connectivity index (χ4n) is 4.96. The molecule has 0 spiro atoms. The number of para-hydroxylation sites is 1. The lowest BCUT2D eigenvalue weighted by molar-refractivity contribution is -0.110. The van der Waals surface area contributed by atoms with Crippen molar-refractivity contribution in [3.8, 4) is 0 Å². The number of nitrogens with zero attached hydrogens (tertiary/aromatic N) is 1. The molecule has 8 nitrogen and oxygen atoms in total. The minimum Gasteiger partial charge on any atom is -0.354 e. The van der Waals surface area contributed by atoms with Gasteiger partial charge in [-0.2, -0.15) is 11.8 Å². The number of amides is 2. The number of thioether (sulfide) groups is 1. The Kier molecular flexibility index (Phi) is 7.73. The summed E-state index contributed by atoms with van der Waals surface area (Å²) in [4.78, 5) is 28.2. The highest BCUT2D eigenvalue weighted by molar-refractivity contribution is 7.99. The molecule has 4 aromatic rings. The molecule has 1 fully saturated rings. The number of hydrogen-bond donors (Lipinski definition) is 3. The Morgan fingerprint density at radius 2 is 1.45 bits per heavy atom. The van der Waals surface area contributed by atoms with Gasteiger partial charge in [-0.1, -0.05) is 48.5 Å². The van der Waals surface area contributed by atoms with Crippen LogP contribution in [0.2, 0.25) is 0 Å². The number of anilines is 3. The Balaban J connectivity index is 1.37. The molecular formula is C32H28N4O4S2. The molecule has 42 heavy (non-hydrogen) atoms. The Hall–Kier alpha value is -4.54. The summed E-state index contributed by atoms with van der Waals surface area (Å²) in [6.45, 7) is 1.47. The predicted octanol–water partition coefficient (Wildman–Crippen LogP) is 5.61. The number of fused-ring (bicyclic) bond motifs is 1. The van der Waals surface area contributed by atoms with Crippen LogP contribution in [0.3, 0.4) is 0 Å². The number of nitrogens with one attached hydrogen (secondary N) is 3. The van der Waals surface area contributed by atoms with Crippen LogP contribution >= 0.6 is 11.8 Å². The van der Waals surface area contributed by atoms with E-state index in [4.69, 9.17) is 0 Å². The summed E-state index contributed by atoms with van der Waals surface area (Å²) in [5.41, 5.74) is 4.30. The first kappa shape index (κ1) is 27.6. The molecule has 4 aromatic carbocycles. The quantitative estimate of drug-likeness (QED) is 0.240. The summed E-state index contributed by atoms with van der Waals surface area (Å²) in [5.74, 6) is 1.53. The van der Waals surface area contributed by atoms with Gasteiger partial charge in [0.25, 0.3) is 21.8 Å². The zero-order valence-corrected chi connectivity index (χ0v) is 24.2. The third-order valence-corrected chi connectivity index (χ3v) is 9.41. The predicted molar refractivity (Wildman–Crippen MR) is 169 cm³/mol. The van der Waals surface area contributed by atoms with E-state index < -0.39 is 10.0 Å². The number of carbonyl (C=O) groups excluding carboxylic acids is 2. The van der Waals surface area contributed by atoms with Crippen LogP contribution < -0.4 is 15.4 Å². The van der Waals surface area contributed by atoms with Crippen molar-refractivity contribution in [2.24, 2.45) is 0 Å². The lowest BCUT2D eigenvalue weighted by Crippen LogP contribution is -2.37. The molecule has 1 saturated heterocycles. The SMILES string of the molecule is O=C1Nc2ccc(S(=O)(=O)Nc3ccccc3)cc2/C1=C(/Nc1ccc(C(=O)N2CCSCC2)cc1)c1ccccc1. The van der Waals surface area contributed by atoms with Crippen molar-refractivity contribution in [1.29, 1.82) is 0 Å². The van der Waals surface area contributed by atoms with Crippen molar-refractivity contribution < 1.29 is 18.0 Å². The molecule has 2 aliphatic heterocycles. The van der Waals surface area contributed by atoms with Crippen molar-refractivity contribution >= 4 is 61.9 Å². The maximum absolute atomic E-state index is 13.4. The van der Waals surface area contributed by atoms with Gasteiger partial charge < -0.3 is 15.5 Å². The van der Waals surface area contributed by atoms with Gasteiger partial charge in [0.15, 0.2) is 0 Å². The van der Waals surface area contributed by atoms with Crippen molar-refractivity contribution in [2.75, 3.05) is 40.0 Å². The van der Waals surface area contributed by atoms with Crippen LogP contribution in [0, 0.1) is 0 Å². The van der Waals surface area contributed by atoms with E-state index in [1.165, 1.54) is 12.1 Å². The van der Waals surface area contributed by atoms with Crippen molar-refractivity contribution in [3.63, 3.8) is 0 Å². The van der Waals surface area contributed by atoms with E-state index >= 15 is 0 Å². The van der Waals surface area contributed by atoms with Gasteiger partial charge in [0, 0.05) is 52.8 Å². The third-order valence-electron chi connectivity index (χ3n) is 7.08. The summed E-state index contributed by atoms with van der Waals surface area (Å²) in [6.07, 6.45) is 0. The minimum absolute atomic E-state index is 0.00503. The second-order valence-electron chi connectivity index (χ2n) is 9.86. The maximum Gasteiger partial charge on any atom is 0.261 e. The van der Waals surface area contributed by atoms with Crippen LogP contribution in [0.5, 0.6) is 0 Å². The standard InChI is InChI=1S/C32H28N4O4S2/c37-31-29(27-21-26(15-16-28(27)34-31)42(39,40)35-25-9-5-2-6-10-25)30(22-7-3-1-4-8-22)33-24-13-11-23(12-14-24)32(38)36-17-19-41-20-18-36/h1-16,21,33,35H,17-20H2,(H,34,37)/b30-29-. The fraction of sp³-hybridized carbons (Fsp3) is 0.125. The molecule has 3 N–H and O–H groups in total. The van der Waals surface area contributed by atoms with E-state index in [2.05, 4.69) is 15.4 Å². The van der Waals surface area contributed by atoms with Gasteiger partial charge in [-0.05, 0) is 60.2 Å². The first-order valence-corrected chi connectivity index (χ1v) is 16.1. The molecule has 10 heteroatoms. The van der Waals surface area contributed by atoms with Gasteiger partial charge >= 0.3 is 0 Å². The van der Waals surface area contributed by atoms with Gasteiger partial charge in [0.05, 0.1) is 16.2 Å². The van der Waals surface area contributed by atoms with E-state index in [9.17, 15) is 18.0 Å². The molecule has 2 heterocycles. The Labute approximate surface area is 248 Å². The highest BCUT2D eigenvalue weighted by atomic mass is 32.2. The van der Waals surface area contributed by atoms with Gasteiger partial charge in [-0.3, -0.25) is 14.3 Å². The third kappa shape index (κ3) is 5.77.